The molecule has 18 heteroatoms. The van der Waals surface area contributed by atoms with E-state index in [1.54, 1.807) is 12.1 Å². The molecule has 65 heavy (non-hydrogen) atoms. The topological polar surface area (TPSA) is 128 Å². The van der Waals surface area contributed by atoms with Gasteiger partial charge in [0.15, 0.2) is 0 Å². The highest BCUT2D eigenvalue weighted by atomic mass is 35.5. The van der Waals surface area contributed by atoms with Crippen molar-refractivity contribution in [3.8, 4) is 0 Å². The minimum Gasteiger partial charge on any atom is -0.380 e. The molecule has 352 valence electrons. The summed E-state index contributed by atoms with van der Waals surface area (Å²) in [5.41, 5.74) is -1.64. The Labute approximate surface area is 390 Å². The minimum absolute atomic E-state index is 0.0106. The molecule has 1 saturated heterocycles. The summed E-state index contributed by atoms with van der Waals surface area (Å²) >= 11 is 7.58. The molecule has 2 N–H and O–H groups in total. The molecular formula is C47H57ClF3N5O6S3. The fourth-order valence-electron chi connectivity index (χ4n) is 8.17. The van der Waals surface area contributed by atoms with Gasteiger partial charge < -0.3 is 15.0 Å². The summed E-state index contributed by atoms with van der Waals surface area (Å²) in [5.74, 6) is -0.650. The predicted octanol–water partition coefficient (Wildman–Crippen LogP) is 9.22. The number of hydrogen-bond donors (Lipinski definition) is 2. The van der Waals surface area contributed by atoms with E-state index in [0.717, 1.165) is 54.3 Å². The van der Waals surface area contributed by atoms with Gasteiger partial charge in [0.05, 0.1) is 23.8 Å². The van der Waals surface area contributed by atoms with Crippen molar-refractivity contribution < 1.29 is 39.5 Å². The second-order valence-corrected chi connectivity index (χ2v) is 21.9. The lowest BCUT2D eigenvalue weighted by atomic mass is 9.95. The molecular weight excluding hydrogens is 919 g/mol. The van der Waals surface area contributed by atoms with Gasteiger partial charge in [-0.2, -0.15) is 13.2 Å². The van der Waals surface area contributed by atoms with Gasteiger partial charge in [0, 0.05) is 77.8 Å². The van der Waals surface area contributed by atoms with Crippen molar-refractivity contribution in [2.45, 2.75) is 85.3 Å². The number of hydrogen-bond acceptors (Lipinski definition) is 11. The van der Waals surface area contributed by atoms with Crippen LogP contribution in [0.25, 0.3) is 5.57 Å². The van der Waals surface area contributed by atoms with Crippen LogP contribution in [0.4, 0.5) is 24.5 Å². The van der Waals surface area contributed by atoms with E-state index in [-0.39, 0.29) is 17.6 Å². The summed E-state index contributed by atoms with van der Waals surface area (Å²) in [5, 5.41) is 3.71. The van der Waals surface area contributed by atoms with E-state index >= 15 is 0 Å². The Balaban J connectivity index is 1.13. The van der Waals surface area contributed by atoms with Crippen LogP contribution in [0.1, 0.15) is 62.9 Å². The summed E-state index contributed by atoms with van der Waals surface area (Å²) in [6.45, 7) is 14.0. The number of benzene rings is 4. The predicted molar refractivity (Wildman–Crippen MR) is 254 cm³/mol. The number of nitrogens with zero attached hydrogens (tertiary/aromatic N) is 3. The van der Waals surface area contributed by atoms with Crippen LogP contribution in [-0.2, 0) is 24.6 Å². The maximum Gasteiger partial charge on any atom is 0.501 e. The second-order valence-electron chi connectivity index (χ2n) is 16.8. The molecule has 0 saturated carbocycles. The van der Waals surface area contributed by atoms with E-state index < -0.39 is 52.8 Å². The molecule has 2 heterocycles. The van der Waals surface area contributed by atoms with Crippen LogP contribution in [0.15, 0.2) is 117 Å². The third-order valence-electron chi connectivity index (χ3n) is 11.6. The van der Waals surface area contributed by atoms with E-state index in [0.29, 0.717) is 62.5 Å². The summed E-state index contributed by atoms with van der Waals surface area (Å²) in [4.78, 5) is 19.0. The molecule has 0 aliphatic carbocycles. The van der Waals surface area contributed by atoms with E-state index in [9.17, 15) is 34.8 Å². The maximum atomic E-state index is 14.2. The zero-order valence-electron chi connectivity index (χ0n) is 37.0. The number of amides is 1. The third-order valence-corrected chi connectivity index (χ3v) is 15.9. The van der Waals surface area contributed by atoms with E-state index in [1.807, 2.05) is 59.3 Å². The van der Waals surface area contributed by atoms with Gasteiger partial charge in [-0.3, -0.25) is 14.6 Å². The molecule has 4 aromatic carbocycles. The standard InChI is InChI=1S/C47H57ClF3N5O6S3/c1-33(2)56(34(3)4)23-8-9-39(32-63-41-10-6-5-7-11-41)52-44-21-20-42(29-45(44)64(58,59)47(49,50)51)65(60,61)53-46(57)36-14-18-40(19-15-36)55-26-24-54(25-27-55)30-37-31-62-28-22-43(37)35-12-16-38(48)17-13-35/h5-7,10-21,29,33-34,39,52H,8-9,22-28,30-32H2,1-4H3,(H,53,57)/t39-/m1/s1. The number of piperazine rings is 1. The number of sulfone groups is 1. The number of carbonyl (C=O) groups excluding carboxylic acids is 1. The Bertz CT molecular complexity index is 2480. The summed E-state index contributed by atoms with van der Waals surface area (Å²) in [6.07, 6.45) is 1.96. The number of carbonyl (C=O) groups is 1. The SMILES string of the molecule is CC(C)N(CCC[C@H](CSc1ccccc1)Nc1ccc(S(=O)(=O)NC(=O)c2ccc(N3CCN(CC4=C(c5ccc(Cl)cc5)CCOC4)CC3)cc2)cc1S(=O)(=O)C(F)(F)F)C(C)C. The number of thioether (sulfide) groups is 1. The molecule has 1 fully saturated rings. The largest absolute Gasteiger partial charge is 0.501 e. The van der Waals surface area contributed by atoms with Gasteiger partial charge >= 0.3 is 5.51 Å². The first kappa shape index (κ1) is 50.3. The van der Waals surface area contributed by atoms with Gasteiger partial charge in [-0.25, -0.2) is 21.6 Å². The number of halogens is 4. The maximum absolute atomic E-state index is 14.2. The lowest BCUT2D eigenvalue weighted by Gasteiger charge is -2.37. The Morgan fingerprint density at radius 3 is 2.17 bits per heavy atom. The summed E-state index contributed by atoms with van der Waals surface area (Å²) < 4.78 is 104. The second kappa shape index (κ2) is 22.1. The highest BCUT2D eigenvalue weighted by Gasteiger charge is 2.48. The van der Waals surface area contributed by atoms with Crippen LogP contribution < -0.4 is 14.9 Å². The number of sulfonamides is 1. The average molecular weight is 977 g/mol. The first-order valence-corrected chi connectivity index (χ1v) is 26.0. The van der Waals surface area contributed by atoms with Crippen molar-refractivity contribution in [3.63, 3.8) is 0 Å². The molecule has 6 rings (SSSR count). The zero-order chi connectivity index (χ0) is 46.9. The Hall–Kier alpha value is -4.10. The van der Waals surface area contributed by atoms with Crippen molar-refractivity contribution in [2.75, 3.05) is 68.5 Å². The van der Waals surface area contributed by atoms with Crippen molar-refractivity contribution >= 4 is 66.1 Å². The molecule has 4 aromatic rings. The molecule has 1 atom stereocenters. The van der Waals surface area contributed by atoms with E-state index in [1.165, 1.54) is 35.0 Å². The van der Waals surface area contributed by atoms with Crippen molar-refractivity contribution in [3.05, 3.63) is 119 Å². The van der Waals surface area contributed by atoms with Gasteiger partial charge in [0.25, 0.3) is 25.8 Å². The molecule has 0 aromatic heterocycles. The molecule has 2 aliphatic heterocycles. The Morgan fingerprint density at radius 1 is 0.877 bits per heavy atom. The minimum atomic E-state index is -6.06. The van der Waals surface area contributed by atoms with Crippen LogP contribution >= 0.6 is 23.4 Å². The quantitative estimate of drug-likeness (QED) is 0.0874. The zero-order valence-corrected chi connectivity index (χ0v) is 40.2. The van der Waals surface area contributed by atoms with Gasteiger partial charge in [-0.05, 0) is 137 Å². The molecule has 11 nitrogen and oxygen atoms in total. The van der Waals surface area contributed by atoms with E-state index in [4.69, 9.17) is 16.3 Å². The van der Waals surface area contributed by atoms with Crippen LogP contribution in [0.2, 0.25) is 5.02 Å². The lowest BCUT2D eigenvalue weighted by Crippen LogP contribution is -2.47. The first-order valence-electron chi connectivity index (χ1n) is 21.7. The summed E-state index contributed by atoms with van der Waals surface area (Å²) in [7, 11) is -10.9. The Morgan fingerprint density at radius 2 is 1.54 bits per heavy atom. The third kappa shape index (κ3) is 13.3. The normalized spacial score (nSPS) is 16.1. The van der Waals surface area contributed by atoms with Crippen LogP contribution in [0.5, 0.6) is 0 Å². The number of alkyl halides is 3. The molecule has 0 radical (unpaired) electrons. The average Bonchev–Trinajstić information content (AvgIpc) is 3.27. The number of ether oxygens (including phenoxy) is 1. The monoisotopic (exact) mass is 975 g/mol. The van der Waals surface area contributed by atoms with Gasteiger partial charge in [0.1, 0.15) is 4.90 Å². The Kier molecular flexibility index (Phi) is 17.1. The van der Waals surface area contributed by atoms with Crippen LogP contribution in [0.3, 0.4) is 0 Å². The fourth-order valence-corrected chi connectivity index (χ4v) is 11.3. The van der Waals surface area contributed by atoms with Crippen molar-refractivity contribution in [1.82, 2.24) is 14.5 Å². The fraction of sp³-hybridized carbons (Fsp3) is 0.426. The number of nitrogens with one attached hydrogen (secondary N) is 2. The lowest BCUT2D eigenvalue weighted by molar-refractivity contribution is -0.0435. The van der Waals surface area contributed by atoms with Crippen LogP contribution in [0, 0.1) is 0 Å². The number of anilines is 2. The number of rotatable bonds is 19. The van der Waals surface area contributed by atoms with Crippen molar-refractivity contribution in [1.29, 1.82) is 0 Å². The highest BCUT2D eigenvalue weighted by molar-refractivity contribution is 7.99. The van der Waals surface area contributed by atoms with Crippen molar-refractivity contribution in [2.24, 2.45) is 0 Å². The smallest absolute Gasteiger partial charge is 0.380 e. The molecule has 2 aliphatic rings. The van der Waals surface area contributed by atoms with E-state index in [2.05, 4.69) is 47.7 Å². The molecule has 0 spiro atoms. The summed E-state index contributed by atoms with van der Waals surface area (Å²) in [6, 6.07) is 26.1. The van der Waals surface area contributed by atoms with Gasteiger partial charge in [-0.1, -0.05) is 41.9 Å². The molecule has 1 amide bonds. The molecule has 0 unspecified atom stereocenters. The van der Waals surface area contributed by atoms with Gasteiger partial charge in [-0.15, -0.1) is 11.8 Å². The van der Waals surface area contributed by atoms with Gasteiger partial charge in [0.2, 0.25) is 0 Å². The molecule has 0 bridgehead atoms. The highest BCUT2D eigenvalue weighted by Crippen LogP contribution is 2.37. The first-order chi connectivity index (χ1) is 30.8. The van der Waals surface area contributed by atoms with Crippen LogP contribution in [-0.4, -0.2) is 114 Å².